The molecular weight excluding hydrogens is 431 g/mol. The molecule has 0 aliphatic heterocycles. The van der Waals surface area contributed by atoms with Crippen molar-refractivity contribution in [3.05, 3.63) is 53.9 Å². The molecule has 0 saturated heterocycles. The van der Waals surface area contributed by atoms with Crippen molar-refractivity contribution in [1.82, 2.24) is 0 Å². The van der Waals surface area contributed by atoms with Crippen LogP contribution in [-0.2, 0) is 0 Å². The van der Waals surface area contributed by atoms with Gasteiger partial charge < -0.3 is 0 Å². The van der Waals surface area contributed by atoms with E-state index in [-0.39, 0.29) is 0 Å². The van der Waals surface area contributed by atoms with Crippen LogP contribution in [0.5, 0.6) is 0 Å². The summed E-state index contributed by atoms with van der Waals surface area (Å²) in [5.41, 5.74) is -0.429. The van der Waals surface area contributed by atoms with Gasteiger partial charge in [0, 0.05) is 5.56 Å². The molecule has 20 heavy (non-hydrogen) atoms. The fourth-order valence-corrected chi connectivity index (χ4v) is 4.16. The predicted molar refractivity (Wildman–Crippen MR) is 74.9 cm³/mol. The zero-order valence-corrected chi connectivity index (χ0v) is 13.3. The zero-order valence-electron chi connectivity index (χ0n) is 9.29. The Bertz CT molecular complexity index is 679. The molecule has 8 heteroatoms. The minimum Gasteiger partial charge on any atom is -0.203 e. The Morgan fingerprint density at radius 2 is 1.30 bits per heavy atom. The van der Waals surface area contributed by atoms with Crippen LogP contribution in [0, 0.1) is 29.1 Å². The van der Waals surface area contributed by atoms with Crippen LogP contribution >= 0.6 is 43.2 Å². The maximum atomic E-state index is 13.4. The third-order valence-corrected chi connectivity index (χ3v) is 4.74. The Labute approximate surface area is 131 Å². The van der Waals surface area contributed by atoms with Crippen molar-refractivity contribution in [1.29, 1.82) is 0 Å². The number of hydrogen-bond donors (Lipinski definition) is 0. The summed E-state index contributed by atoms with van der Waals surface area (Å²) in [4.78, 5) is 0. The third kappa shape index (κ3) is 2.82. The lowest BCUT2D eigenvalue weighted by atomic mass is 10.1. The van der Waals surface area contributed by atoms with Gasteiger partial charge in [0.15, 0.2) is 23.3 Å². The Morgan fingerprint density at radius 1 is 0.800 bits per heavy atom. The van der Waals surface area contributed by atoms with E-state index in [1.807, 2.05) is 0 Å². The van der Waals surface area contributed by atoms with Crippen molar-refractivity contribution in [3.8, 4) is 0 Å². The van der Waals surface area contributed by atoms with Gasteiger partial charge in [-0.25, -0.2) is 22.0 Å². The van der Waals surface area contributed by atoms with Gasteiger partial charge in [0.2, 0.25) is 5.82 Å². The largest absolute Gasteiger partial charge is 0.203 e. The first-order chi connectivity index (χ1) is 9.32. The topological polar surface area (TPSA) is 0 Å². The van der Waals surface area contributed by atoms with Gasteiger partial charge in [-0.05, 0) is 44.0 Å². The lowest BCUT2D eigenvalue weighted by Gasteiger charge is -2.04. The normalized spacial score (nSPS) is 11.6. The summed E-state index contributed by atoms with van der Waals surface area (Å²) in [5, 5.41) is 0. The van der Waals surface area contributed by atoms with Crippen molar-refractivity contribution in [2.75, 3.05) is 0 Å². The van der Waals surface area contributed by atoms with Crippen molar-refractivity contribution in [2.24, 2.45) is 0 Å². The second-order valence-electron chi connectivity index (χ2n) is 3.60. The summed E-state index contributed by atoms with van der Waals surface area (Å²) in [5.74, 6) is -9.81. The van der Waals surface area contributed by atoms with E-state index in [9.17, 15) is 22.0 Å². The van der Waals surface area contributed by atoms with Gasteiger partial charge in [-0.2, -0.15) is 0 Å². The van der Waals surface area contributed by atoms with E-state index in [0.29, 0.717) is 9.35 Å². The minimum atomic E-state index is -2.17. The molecule has 0 aliphatic carbocycles. The minimum absolute atomic E-state index is 0.547. The van der Waals surface area contributed by atoms with Gasteiger partial charge in [0.25, 0.3) is 0 Å². The molecule has 106 valence electrons. The standard InChI is InChI=1S/C12H3Br2F5S/c13-6-3-4(12(14)20-6)1-2-5-7(15)9(17)11(19)10(18)8(5)16/h1-3H/b2-1+. The fourth-order valence-electron chi connectivity index (χ4n) is 1.41. The first-order valence-corrected chi connectivity index (χ1v) is 7.37. The molecule has 1 aromatic carbocycles. The summed E-state index contributed by atoms with van der Waals surface area (Å²) in [6, 6.07) is 1.64. The number of rotatable bonds is 2. The van der Waals surface area contributed by atoms with Gasteiger partial charge in [-0.15, -0.1) is 11.3 Å². The van der Waals surface area contributed by atoms with Gasteiger partial charge in [-0.1, -0.05) is 6.08 Å². The van der Waals surface area contributed by atoms with Crippen molar-refractivity contribution < 1.29 is 22.0 Å². The highest BCUT2D eigenvalue weighted by atomic mass is 79.9. The van der Waals surface area contributed by atoms with E-state index in [0.717, 1.165) is 9.86 Å². The van der Waals surface area contributed by atoms with Crippen molar-refractivity contribution in [3.63, 3.8) is 0 Å². The SMILES string of the molecule is Fc1c(F)c(F)c(/C=C/c2cc(Br)sc2Br)c(F)c1F. The summed E-state index contributed by atoms with van der Waals surface area (Å²) in [7, 11) is 0. The highest BCUT2D eigenvalue weighted by Gasteiger charge is 2.24. The Morgan fingerprint density at radius 3 is 1.75 bits per heavy atom. The summed E-state index contributed by atoms with van der Waals surface area (Å²) < 4.78 is 67.1. The average molecular weight is 434 g/mol. The van der Waals surface area contributed by atoms with E-state index < -0.39 is 34.6 Å². The second-order valence-corrected chi connectivity index (χ2v) is 7.35. The smallest absolute Gasteiger partial charge is 0.200 e. The van der Waals surface area contributed by atoms with Gasteiger partial charge in [0.1, 0.15) is 0 Å². The average Bonchev–Trinajstić information content (AvgIpc) is 2.72. The molecule has 2 aromatic rings. The molecular formula is C12H3Br2F5S. The van der Waals surface area contributed by atoms with Gasteiger partial charge in [-0.3, -0.25) is 0 Å². The van der Waals surface area contributed by atoms with Crippen molar-refractivity contribution >= 4 is 55.3 Å². The second kappa shape index (κ2) is 5.95. The number of benzene rings is 1. The van der Waals surface area contributed by atoms with Crippen LogP contribution in [0.1, 0.15) is 11.1 Å². The lowest BCUT2D eigenvalue weighted by Crippen LogP contribution is -2.03. The Hall–Kier alpha value is -0.730. The molecule has 0 aliphatic rings. The summed E-state index contributed by atoms with van der Waals surface area (Å²) >= 11 is 7.73. The molecule has 0 spiro atoms. The Kier molecular flexibility index (Phi) is 4.66. The van der Waals surface area contributed by atoms with Crippen LogP contribution in [0.4, 0.5) is 22.0 Å². The molecule has 0 amide bonds. The molecule has 2 rings (SSSR count). The van der Waals surface area contributed by atoms with Crippen LogP contribution in [0.15, 0.2) is 13.6 Å². The highest BCUT2D eigenvalue weighted by Crippen LogP contribution is 2.33. The third-order valence-electron chi connectivity index (χ3n) is 2.36. The first-order valence-electron chi connectivity index (χ1n) is 4.97. The summed E-state index contributed by atoms with van der Waals surface area (Å²) in [6.45, 7) is 0. The van der Waals surface area contributed by atoms with Crippen LogP contribution < -0.4 is 0 Å². The van der Waals surface area contributed by atoms with Crippen LogP contribution in [0.25, 0.3) is 12.2 Å². The lowest BCUT2D eigenvalue weighted by molar-refractivity contribution is 0.377. The fraction of sp³-hybridized carbons (Fsp3) is 0. The molecule has 0 fully saturated rings. The molecule has 0 saturated carbocycles. The number of thiophene rings is 1. The summed E-state index contributed by atoms with van der Waals surface area (Å²) in [6.07, 6.45) is 2.10. The van der Waals surface area contributed by atoms with E-state index in [1.54, 1.807) is 6.07 Å². The van der Waals surface area contributed by atoms with Crippen LogP contribution in [0.2, 0.25) is 0 Å². The molecule has 0 atom stereocenters. The highest BCUT2D eigenvalue weighted by molar-refractivity contribution is 9.12. The monoisotopic (exact) mass is 432 g/mol. The molecule has 0 unspecified atom stereocenters. The van der Waals surface area contributed by atoms with E-state index in [2.05, 4.69) is 31.9 Å². The quantitative estimate of drug-likeness (QED) is 0.303. The van der Waals surface area contributed by atoms with Gasteiger partial charge in [0.05, 0.1) is 13.1 Å². The molecule has 1 heterocycles. The van der Waals surface area contributed by atoms with Gasteiger partial charge >= 0.3 is 0 Å². The van der Waals surface area contributed by atoms with Crippen LogP contribution in [0.3, 0.4) is 0 Å². The van der Waals surface area contributed by atoms with E-state index in [4.69, 9.17) is 0 Å². The van der Waals surface area contributed by atoms with Crippen molar-refractivity contribution in [2.45, 2.75) is 0 Å². The first kappa shape index (κ1) is 15.7. The van der Waals surface area contributed by atoms with E-state index >= 15 is 0 Å². The number of hydrogen-bond acceptors (Lipinski definition) is 1. The molecule has 0 nitrogen and oxygen atoms in total. The maximum Gasteiger partial charge on any atom is 0.200 e. The Balaban J connectivity index is 2.52. The zero-order chi connectivity index (χ0) is 15.0. The van der Waals surface area contributed by atoms with E-state index in [1.165, 1.54) is 17.4 Å². The van der Waals surface area contributed by atoms with Crippen LogP contribution in [-0.4, -0.2) is 0 Å². The molecule has 0 N–H and O–H groups in total. The molecule has 0 radical (unpaired) electrons. The number of halogens is 7. The predicted octanol–water partition coefficient (Wildman–Crippen LogP) is 6.14. The molecule has 0 bridgehead atoms. The molecule has 1 aromatic heterocycles. The maximum absolute atomic E-state index is 13.4.